The van der Waals surface area contributed by atoms with Crippen molar-refractivity contribution in [3.8, 4) is 0 Å². The Morgan fingerprint density at radius 2 is 1.92 bits per heavy atom. The Labute approximate surface area is 154 Å². The Balaban J connectivity index is 1.78. The van der Waals surface area contributed by atoms with Crippen LogP contribution < -0.4 is 10.6 Å². The zero-order valence-electron chi connectivity index (χ0n) is 15.9. The van der Waals surface area contributed by atoms with Gasteiger partial charge in [-0.25, -0.2) is 14.8 Å². The van der Waals surface area contributed by atoms with Gasteiger partial charge in [-0.3, -0.25) is 0 Å². The number of amides is 1. The number of aromatic nitrogens is 2. The summed E-state index contributed by atoms with van der Waals surface area (Å²) in [5.74, 6) is 1.06. The number of benzene rings is 1. The number of nitrogen functional groups attached to an aromatic ring is 1. The second-order valence-corrected chi connectivity index (χ2v) is 7.75. The Hall–Kier alpha value is -2.57. The number of likely N-dealkylation sites (N-methyl/N-ethyl adjacent to an activating group) is 1. The van der Waals surface area contributed by atoms with E-state index in [2.05, 4.69) is 9.97 Å². The number of carbonyl (C=O) groups is 1. The van der Waals surface area contributed by atoms with Crippen molar-refractivity contribution in [2.75, 3.05) is 30.8 Å². The summed E-state index contributed by atoms with van der Waals surface area (Å²) in [7, 11) is 1.96. The fourth-order valence-corrected chi connectivity index (χ4v) is 3.20. The van der Waals surface area contributed by atoms with Crippen LogP contribution in [0.4, 0.5) is 16.4 Å². The fraction of sp³-hybridized carbons (Fsp3) is 0.526. The molecule has 1 amide bonds. The predicted molar refractivity (Wildman–Crippen MR) is 103 cm³/mol. The van der Waals surface area contributed by atoms with Crippen LogP contribution in [-0.4, -0.2) is 52.7 Å². The van der Waals surface area contributed by atoms with Crippen molar-refractivity contribution in [2.45, 2.75) is 45.3 Å². The first-order chi connectivity index (χ1) is 12.2. The number of nitrogens with zero attached hydrogens (tertiary/aromatic N) is 4. The van der Waals surface area contributed by atoms with Crippen LogP contribution in [-0.2, 0) is 4.74 Å². The molecule has 2 heterocycles. The molecule has 0 bridgehead atoms. The maximum absolute atomic E-state index is 12.4. The molecular formula is C19H27N5O2. The van der Waals surface area contributed by atoms with Crippen LogP contribution in [0.1, 0.15) is 33.6 Å². The molecule has 1 aromatic heterocycles. The molecule has 140 valence electrons. The molecule has 26 heavy (non-hydrogen) atoms. The van der Waals surface area contributed by atoms with Crippen LogP contribution in [0, 0.1) is 0 Å². The topological polar surface area (TPSA) is 84.6 Å². The van der Waals surface area contributed by atoms with E-state index in [1.54, 1.807) is 4.90 Å². The van der Waals surface area contributed by atoms with Crippen LogP contribution in [0.2, 0.25) is 0 Å². The van der Waals surface area contributed by atoms with Gasteiger partial charge in [0.2, 0.25) is 0 Å². The Morgan fingerprint density at radius 3 is 2.58 bits per heavy atom. The van der Waals surface area contributed by atoms with Crippen LogP contribution in [0.5, 0.6) is 0 Å². The number of piperidine rings is 1. The molecule has 3 rings (SSSR count). The number of fused-ring (bicyclic) bond motifs is 1. The molecule has 1 atom stereocenters. The van der Waals surface area contributed by atoms with Crippen LogP contribution >= 0.6 is 0 Å². The van der Waals surface area contributed by atoms with Gasteiger partial charge in [0.05, 0.1) is 11.0 Å². The van der Waals surface area contributed by atoms with Crippen LogP contribution in [0.3, 0.4) is 0 Å². The number of likely N-dealkylation sites (tertiary alicyclic amines) is 1. The molecule has 0 spiro atoms. The number of nitrogens with two attached hydrogens (primary N) is 1. The van der Waals surface area contributed by atoms with E-state index >= 15 is 0 Å². The van der Waals surface area contributed by atoms with Gasteiger partial charge in [-0.05, 0) is 45.7 Å². The molecule has 1 aliphatic rings. The molecule has 0 unspecified atom stereocenters. The molecule has 2 aromatic rings. The number of hydrogen-bond donors (Lipinski definition) is 1. The monoisotopic (exact) mass is 357 g/mol. The average molecular weight is 357 g/mol. The Kier molecular flexibility index (Phi) is 4.89. The highest BCUT2D eigenvalue weighted by Crippen LogP contribution is 2.26. The summed E-state index contributed by atoms with van der Waals surface area (Å²) in [6.45, 7) is 6.93. The third kappa shape index (κ3) is 3.98. The largest absolute Gasteiger partial charge is 0.444 e. The molecule has 1 fully saturated rings. The maximum Gasteiger partial charge on any atom is 0.410 e. The van der Waals surface area contributed by atoms with E-state index in [9.17, 15) is 4.79 Å². The van der Waals surface area contributed by atoms with E-state index < -0.39 is 5.60 Å². The van der Waals surface area contributed by atoms with E-state index in [0.717, 1.165) is 23.9 Å². The lowest BCUT2D eigenvalue weighted by molar-refractivity contribution is 0.0199. The quantitative estimate of drug-likeness (QED) is 0.889. The minimum absolute atomic E-state index is 0.119. The van der Waals surface area contributed by atoms with Gasteiger partial charge in [0.1, 0.15) is 5.60 Å². The van der Waals surface area contributed by atoms with E-state index in [-0.39, 0.29) is 12.1 Å². The highest BCUT2D eigenvalue weighted by atomic mass is 16.6. The molecule has 0 aliphatic carbocycles. The number of ether oxygens (including phenoxy) is 1. The minimum Gasteiger partial charge on any atom is -0.444 e. The van der Waals surface area contributed by atoms with Crippen molar-refractivity contribution in [3.05, 3.63) is 24.3 Å². The van der Waals surface area contributed by atoms with Gasteiger partial charge in [0, 0.05) is 26.2 Å². The van der Waals surface area contributed by atoms with Crippen LogP contribution in [0.15, 0.2) is 24.3 Å². The molecule has 0 radical (unpaired) electrons. The van der Waals surface area contributed by atoms with Crippen molar-refractivity contribution in [2.24, 2.45) is 0 Å². The summed E-state index contributed by atoms with van der Waals surface area (Å²) in [6.07, 6.45) is 1.60. The normalized spacial score (nSPS) is 18.0. The molecule has 7 heteroatoms. The SMILES string of the molecule is CN(c1nc2ccccc2nc1N)[C@@H]1CCCN(C(=O)OC(C)(C)C)C1. The second-order valence-electron chi connectivity index (χ2n) is 7.75. The van der Waals surface area contributed by atoms with E-state index in [4.69, 9.17) is 10.5 Å². The standard InChI is InChI=1S/C19H27N5O2/c1-19(2,3)26-18(25)24-11-7-8-13(12-24)23(4)17-16(20)21-14-9-5-6-10-15(14)22-17/h5-6,9-10,13H,7-8,11-12H2,1-4H3,(H2,20,21)/t13-/m1/s1. The van der Waals surface area contributed by atoms with Crippen LogP contribution in [0.25, 0.3) is 11.0 Å². The lowest BCUT2D eigenvalue weighted by Gasteiger charge is -2.38. The van der Waals surface area contributed by atoms with Gasteiger partial charge < -0.3 is 20.3 Å². The van der Waals surface area contributed by atoms with Gasteiger partial charge in [0.25, 0.3) is 0 Å². The van der Waals surface area contributed by atoms with Crippen molar-refractivity contribution >= 4 is 28.8 Å². The number of para-hydroxylation sites is 2. The fourth-order valence-electron chi connectivity index (χ4n) is 3.20. The lowest BCUT2D eigenvalue weighted by atomic mass is 10.0. The van der Waals surface area contributed by atoms with Gasteiger partial charge in [0.15, 0.2) is 11.6 Å². The molecule has 1 aromatic carbocycles. The van der Waals surface area contributed by atoms with Gasteiger partial charge in [-0.15, -0.1) is 0 Å². The van der Waals surface area contributed by atoms with Gasteiger partial charge in [-0.2, -0.15) is 0 Å². The second kappa shape index (κ2) is 6.97. The summed E-state index contributed by atoms with van der Waals surface area (Å²) in [4.78, 5) is 25.3. The van der Waals surface area contributed by atoms with E-state index in [0.29, 0.717) is 24.7 Å². The van der Waals surface area contributed by atoms with E-state index in [1.807, 2.05) is 57.0 Å². The van der Waals surface area contributed by atoms with E-state index in [1.165, 1.54) is 0 Å². The number of hydrogen-bond acceptors (Lipinski definition) is 6. The molecule has 1 saturated heterocycles. The van der Waals surface area contributed by atoms with Crippen molar-refractivity contribution in [1.29, 1.82) is 0 Å². The Morgan fingerprint density at radius 1 is 1.27 bits per heavy atom. The van der Waals surface area contributed by atoms with Gasteiger partial charge in [-0.1, -0.05) is 12.1 Å². The zero-order chi connectivity index (χ0) is 18.9. The van der Waals surface area contributed by atoms with Gasteiger partial charge >= 0.3 is 6.09 Å². The third-order valence-corrected chi connectivity index (χ3v) is 4.51. The smallest absolute Gasteiger partial charge is 0.410 e. The van der Waals surface area contributed by atoms with Crippen molar-refractivity contribution < 1.29 is 9.53 Å². The maximum atomic E-state index is 12.4. The molecule has 0 saturated carbocycles. The lowest BCUT2D eigenvalue weighted by Crippen LogP contribution is -2.50. The minimum atomic E-state index is -0.496. The first-order valence-electron chi connectivity index (χ1n) is 8.97. The number of rotatable bonds is 2. The Bertz CT molecular complexity index is 802. The van der Waals surface area contributed by atoms with Crippen molar-refractivity contribution in [3.63, 3.8) is 0 Å². The molecular weight excluding hydrogens is 330 g/mol. The molecule has 1 aliphatic heterocycles. The van der Waals surface area contributed by atoms with Crippen molar-refractivity contribution in [1.82, 2.24) is 14.9 Å². The summed E-state index contributed by atoms with van der Waals surface area (Å²) >= 11 is 0. The summed E-state index contributed by atoms with van der Waals surface area (Å²) < 4.78 is 5.51. The number of anilines is 2. The summed E-state index contributed by atoms with van der Waals surface area (Å²) in [5, 5.41) is 0. The summed E-state index contributed by atoms with van der Waals surface area (Å²) in [6, 6.07) is 7.79. The highest BCUT2D eigenvalue weighted by molar-refractivity contribution is 5.79. The first kappa shape index (κ1) is 18.2. The molecule has 7 nitrogen and oxygen atoms in total. The number of carbonyl (C=O) groups excluding carboxylic acids is 1. The highest BCUT2D eigenvalue weighted by Gasteiger charge is 2.30. The predicted octanol–water partition coefficient (Wildman–Crippen LogP) is 3.05. The first-order valence-corrected chi connectivity index (χ1v) is 8.97. The average Bonchev–Trinajstić information content (AvgIpc) is 2.59. The third-order valence-electron chi connectivity index (χ3n) is 4.51. The summed E-state index contributed by atoms with van der Waals surface area (Å²) in [5.41, 5.74) is 7.24. The zero-order valence-corrected chi connectivity index (χ0v) is 15.9. The molecule has 2 N–H and O–H groups in total.